The molecule has 0 saturated carbocycles. The van der Waals surface area contributed by atoms with E-state index in [1.54, 1.807) is 0 Å². The number of imidazole rings is 1. The third-order valence-electron chi connectivity index (χ3n) is 1.19. The Kier molecular flexibility index (Phi) is 18.6. The van der Waals surface area contributed by atoms with Crippen LogP contribution in [0.2, 0.25) is 0 Å². The van der Waals surface area contributed by atoms with E-state index >= 15 is 0 Å². The normalized spacial score (nSPS) is 6.50. The van der Waals surface area contributed by atoms with E-state index in [9.17, 15) is 0 Å². The first-order chi connectivity index (χ1) is 3.83. The predicted octanol–water partition coefficient (Wildman–Crippen LogP) is -2.21. The van der Waals surface area contributed by atoms with E-state index in [0.717, 1.165) is 6.54 Å². The van der Waals surface area contributed by atoms with Gasteiger partial charge >= 0.3 is 0 Å². The fraction of sp³-hybridized carbons (Fsp3) is 0.500. The van der Waals surface area contributed by atoms with E-state index in [-0.39, 0.29) is 18.8 Å². The number of aromatic nitrogens is 2. The maximum atomic E-state index is 2.12. The van der Waals surface area contributed by atoms with Crippen molar-refractivity contribution in [3.05, 3.63) is 18.7 Å². The molecule has 0 spiro atoms. The summed E-state index contributed by atoms with van der Waals surface area (Å²) in [6, 6.07) is 0. The highest BCUT2D eigenvalue weighted by molar-refractivity contribution is 4.63. The molecule has 0 aliphatic rings. The van der Waals surface area contributed by atoms with Crippen LogP contribution in [0.25, 0.3) is 0 Å². The molecule has 1 aromatic heterocycles. The maximum Gasteiger partial charge on any atom is 0.243 e. The summed E-state index contributed by atoms with van der Waals surface area (Å²) >= 11 is 0. The van der Waals surface area contributed by atoms with Gasteiger partial charge in [0.05, 0.1) is 13.6 Å². The zero-order chi connectivity index (χ0) is 5.98. The second-order valence-electron chi connectivity index (χ2n) is 1.91. The third kappa shape index (κ3) is 5.70. The lowest BCUT2D eigenvalue weighted by Crippen LogP contribution is -3.00. The molecule has 1 heterocycles. The average molecular weight is 190 g/mol. The van der Waals surface area contributed by atoms with E-state index in [1.165, 1.54) is 0 Å². The quantitative estimate of drug-likeness (QED) is 0.351. The van der Waals surface area contributed by atoms with Crippen LogP contribution in [-0.2, 0) is 13.6 Å². The number of nitrogens with zero attached hydrogens (tertiary/aromatic N) is 2. The van der Waals surface area contributed by atoms with Crippen LogP contribution in [0.1, 0.15) is 6.92 Å². The smallest absolute Gasteiger partial charge is 0.243 e. The zero-order valence-corrected chi connectivity index (χ0v) is 6.94. The Labute approximate surface area is 68.3 Å². The van der Waals surface area contributed by atoms with Crippen LogP contribution in [0.15, 0.2) is 18.7 Å². The standard InChI is InChI=1S/C6H11N2.4FH/c1-3-8-5-4-7(2)6-8;;;;/h4-6H,3H2,1-2H3;4*1H/q+1;;;;/p-1. The van der Waals surface area contributed by atoms with Crippen LogP contribution < -0.4 is 9.27 Å². The van der Waals surface area contributed by atoms with Gasteiger partial charge in [0, 0.05) is 0 Å². The monoisotopic (exact) mass is 190 g/mol. The van der Waals surface area contributed by atoms with Crippen molar-refractivity contribution in [3.63, 3.8) is 0 Å². The van der Waals surface area contributed by atoms with Gasteiger partial charge in [-0.1, -0.05) is 0 Å². The molecular weight excluding hydrogens is 176 g/mol. The molecule has 0 atom stereocenters. The molecule has 1 rings (SSSR count). The second kappa shape index (κ2) is 9.93. The molecule has 0 aliphatic carbocycles. The lowest BCUT2D eigenvalue weighted by Gasteiger charge is -1.81. The molecule has 0 amide bonds. The number of hydrogen-bond acceptors (Lipinski definition) is 0. The van der Waals surface area contributed by atoms with Gasteiger partial charge in [-0.15, -0.1) is 0 Å². The van der Waals surface area contributed by atoms with Crippen molar-refractivity contribution in [2.75, 3.05) is 0 Å². The van der Waals surface area contributed by atoms with Gasteiger partial charge < -0.3 is 4.70 Å². The molecule has 76 valence electrons. The van der Waals surface area contributed by atoms with Gasteiger partial charge in [-0.2, -0.15) is 0 Å². The molecule has 2 nitrogen and oxygen atoms in total. The SMILES string of the molecule is CCn1cc[n+](C)c1.F.F.F.[F-]. The van der Waals surface area contributed by atoms with Crippen molar-refractivity contribution in [1.82, 2.24) is 4.57 Å². The Morgan fingerprint density at radius 3 is 1.92 bits per heavy atom. The zero-order valence-electron chi connectivity index (χ0n) is 6.94. The summed E-state index contributed by atoms with van der Waals surface area (Å²) in [5.41, 5.74) is 0. The highest BCUT2D eigenvalue weighted by Gasteiger charge is 1.92. The van der Waals surface area contributed by atoms with Crippen molar-refractivity contribution in [2.24, 2.45) is 7.05 Å². The minimum Gasteiger partial charge on any atom is -1.00 e. The first kappa shape index (κ1) is 22.4. The number of rotatable bonds is 1. The second-order valence-corrected chi connectivity index (χ2v) is 1.91. The van der Waals surface area contributed by atoms with E-state index in [2.05, 4.69) is 24.0 Å². The van der Waals surface area contributed by atoms with E-state index in [0.29, 0.717) is 0 Å². The number of hydrogen-bond donors (Lipinski definition) is 0. The van der Waals surface area contributed by atoms with E-state index in [4.69, 9.17) is 0 Å². The van der Waals surface area contributed by atoms with Crippen LogP contribution in [0, 0.1) is 0 Å². The molecule has 0 radical (unpaired) electrons. The Bertz CT molecular complexity index is 178. The molecule has 0 fully saturated rings. The van der Waals surface area contributed by atoms with Gasteiger partial charge in [0.25, 0.3) is 0 Å². The van der Waals surface area contributed by atoms with Crippen LogP contribution in [0.4, 0.5) is 14.1 Å². The average Bonchev–Trinajstić information content (AvgIpc) is 2.14. The summed E-state index contributed by atoms with van der Waals surface area (Å²) in [5.74, 6) is 0. The Hall–Kier alpha value is -1.07. The van der Waals surface area contributed by atoms with E-state index < -0.39 is 0 Å². The van der Waals surface area contributed by atoms with Gasteiger partial charge in [0.1, 0.15) is 12.4 Å². The van der Waals surface area contributed by atoms with Gasteiger partial charge in [-0.3, -0.25) is 14.1 Å². The fourth-order valence-electron chi connectivity index (χ4n) is 0.689. The summed E-state index contributed by atoms with van der Waals surface area (Å²) in [6.45, 7) is 3.18. The largest absolute Gasteiger partial charge is 1.00 e. The van der Waals surface area contributed by atoms with Crippen molar-refractivity contribution >= 4 is 0 Å². The first-order valence-corrected chi connectivity index (χ1v) is 2.84. The summed E-state index contributed by atoms with van der Waals surface area (Å²) in [6.07, 6.45) is 6.14. The van der Waals surface area contributed by atoms with Crippen LogP contribution in [0.5, 0.6) is 0 Å². The van der Waals surface area contributed by atoms with Gasteiger partial charge in [0.15, 0.2) is 0 Å². The lowest BCUT2D eigenvalue weighted by molar-refractivity contribution is -0.671. The third-order valence-corrected chi connectivity index (χ3v) is 1.19. The molecular formula is C6H14F4N2. The van der Waals surface area contributed by atoms with Crippen LogP contribution >= 0.6 is 0 Å². The van der Waals surface area contributed by atoms with Crippen molar-refractivity contribution < 1.29 is 23.4 Å². The Morgan fingerprint density at radius 1 is 1.25 bits per heavy atom. The predicted molar refractivity (Wildman–Crippen MR) is 38.8 cm³/mol. The fourth-order valence-corrected chi connectivity index (χ4v) is 0.689. The lowest BCUT2D eigenvalue weighted by atomic mass is 10.7. The minimum absolute atomic E-state index is 0. The van der Waals surface area contributed by atoms with Crippen molar-refractivity contribution in [1.29, 1.82) is 0 Å². The molecule has 0 saturated heterocycles. The molecule has 12 heavy (non-hydrogen) atoms. The van der Waals surface area contributed by atoms with Gasteiger partial charge in [-0.05, 0) is 6.92 Å². The Balaban J connectivity index is -0.0000000800. The highest BCUT2D eigenvalue weighted by atomic mass is 19.0. The molecule has 0 N–H and O–H groups in total. The summed E-state index contributed by atoms with van der Waals surface area (Å²) in [5, 5.41) is 0. The Morgan fingerprint density at radius 2 is 1.75 bits per heavy atom. The highest BCUT2D eigenvalue weighted by Crippen LogP contribution is 1.79. The van der Waals surface area contributed by atoms with Crippen LogP contribution in [0.3, 0.4) is 0 Å². The molecule has 0 bridgehead atoms. The summed E-state index contributed by atoms with van der Waals surface area (Å²) < 4.78 is 4.16. The maximum absolute atomic E-state index is 2.12. The number of aryl methyl sites for hydroxylation is 2. The number of halogens is 4. The molecule has 1 aromatic rings. The molecule has 0 aromatic carbocycles. The van der Waals surface area contributed by atoms with Crippen molar-refractivity contribution in [2.45, 2.75) is 13.5 Å². The van der Waals surface area contributed by atoms with Gasteiger partial charge in [0.2, 0.25) is 6.33 Å². The molecule has 0 unspecified atom stereocenters. The molecule has 0 aliphatic heterocycles. The summed E-state index contributed by atoms with van der Waals surface area (Å²) in [4.78, 5) is 0. The topological polar surface area (TPSA) is 8.81 Å². The van der Waals surface area contributed by atoms with E-state index in [1.807, 2.05) is 17.8 Å². The summed E-state index contributed by atoms with van der Waals surface area (Å²) in [7, 11) is 2.02. The minimum atomic E-state index is 0. The van der Waals surface area contributed by atoms with Gasteiger partial charge in [-0.25, -0.2) is 9.13 Å². The van der Waals surface area contributed by atoms with Crippen molar-refractivity contribution in [3.8, 4) is 0 Å². The van der Waals surface area contributed by atoms with Crippen LogP contribution in [-0.4, -0.2) is 4.57 Å². The molecule has 6 heteroatoms. The first-order valence-electron chi connectivity index (χ1n) is 2.84.